The van der Waals surface area contributed by atoms with Crippen molar-refractivity contribution in [2.75, 3.05) is 5.32 Å². The number of amides is 1. The lowest BCUT2D eigenvalue weighted by Crippen LogP contribution is -2.19. The van der Waals surface area contributed by atoms with Crippen LogP contribution in [0.1, 0.15) is 0 Å². The Kier molecular flexibility index (Phi) is 3.66. The van der Waals surface area contributed by atoms with Crippen molar-refractivity contribution >= 4 is 23.3 Å². The van der Waals surface area contributed by atoms with E-state index in [0.29, 0.717) is 11.4 Å². The number of nitrogens with zero attached hydrogens (tertiary/aromatic N) is 3. The smallest absolute Gasteiger partial charge is 0.304 e. The third kappa shape index (κ3) is 2.78. The van der Waals surface area contributed by atoms with Gasteiger partial charge >= 0.3 is 6.03 Å². The summed E-state index contributed by atoms with van der Waals surface area (Å²) < 4.78 is 1.43. The van der Waals surface area contributed by atoms with Crippen LogP contribution in [-0.2, 0) is 0 Å². The van der Waals surface area contributed by atoms with E-state index in [1.807, 2.05) is 30.3 Å². The zero-order chi connectivity index (χ0) is 14.7. The fourth-order valence-electron chi connectivity index (χ4n) is 1.93. The first kappa shape index (κ1) is 13.3. The molecule has 0 aliphatic rings. The Morgan fingerprint density at radius 1 is 1.14 bits per heavy atom. The van der Waals surface area contributed by atoms with Crippen molar-refractivity contribution in [2.24, 2.45) is 0 Å². The summed E-state index contributed by atoms with van der Waals surface area (Å²) in [7, 11) is 0. The third-order valence-corrected chi connectivity index (χ3v) is 3.23. The summed E-state index contributed by atoms with van der Waals surface area (Å²) in [6, 6.07) is 12.6. The molecule has 104 valence electrons. The molecule has 2 heterocycles. The summed E-state index contributed by atoms with van der Waals surface area (Å²) >= 11 is 5.94. The number of carbonyl (C=O) groups excluding carboxylic acids is 1. The standard InChI is InChI=1S/C15H11ClN4O/c16-14-12(7-4-8-18-14)19-15(21)20-10-17-9-13(20)11-5-2-1-3-6-11/h1-10H,(H,19,21). The van der Waals surface area contributed by atoms with E-state index in [9.17, 15) is 4.79 Å². The van der Waals surface area contributed by atoms with Crippen molar-refractivity contribution in [3.63, 3.8) is 0 Å². The second kappa shape index (κ2) is 5.76. The lowest BCUT2D eigenvalue weighted by atomic mass is 10.2. The number of carbonyl (C=O) groups is 1. The van der Waals surface area contributed by atoms with Crippen LogP contribution < -0.4 is 5.32 Å². The van der Waals surface area contributed by atoms with Gasteiger partial charge in [-0.15, -0.1) is 0 Å². The lowest BCUT2D eigenvalue weighted by molar-refractivity contribution is 0.253. The van der Waals surface area contributed by atoms with E-state index in [2.05, 4.69) is 15.3 Å². The number of benzene rings is 1. The molecule has 5 nitrogen and oxygen atoms in total. The zero-order valence-electron chi connectivity index (χ0n) is 10.9. The van der Waals surface area contributed by atoms with Crippen LogP contribution in [0.15, 0.2) is 61.2 Å². The molecule has 1 N–H and O–H groups in total. The summed E-state index contributed by atoms with van der Waals surface area (Å²) in [5, 5.41) is 2.96. The molecule has 0 bridgehead atoms. The van der Waals surface area contributed by atoms with Crippen LogP contribution >= 0.6 is 11.6 Å². The van der Waals surface area contributed by atoms with Crippen LogP contribution in [-0.4, -0.2) is 20.6 Å². The Morgan fingerprint density at radius 2 is 1.95 bits per heavy atom. The van der Waals surface area contributed by atoms with E-state index in [1.54, 1.807) is 24.5 Å². The first-order chi connectivity index (χ1) is 10.3. The molecule has 0 saturated carbocycles. The molecule has 0 fully saturated rings. The molecule has 0 unspecified atom stereocenters. The molecule has 21 heavy (non-hydrogen) atoms. The van der Waals surface area contributed by atoms with Gasteiger partial charge < -0.3 is 5.32 Å². The molecule has 0 spiro atoms. The van der Waals surface area contributed by atoms with Gasteiger partial charge in [-0.05, 0) is 12.1 Å². The second-order valence-corrected chi connectivity index (χ2v) is 4.64. The number of hydrogen-bond acceptors (Lipinski definition) is 3. The largest absolute Gasteiger partial charge is 0.331 e. The van der Waals surface area contributed by atoms with E-state index in [1.165, 1.54) is 10.9 Å². The second-order valence-electron chi connectivity index (χ2n) is 4.29. The van der Waals surface area contributed by atoms with Crippen LogP contribution in [0.3, 0.4) is 0 Å². The molecule has 0 saturated heterocycles. The quantitative estimate of drug-likeness (QED) is 0.734. The van der Waals surface area contributed by atoms with Crippen LogP contribution in [0, 0.1) is 0 Å². The molecule has 2 aromatic heterocycles. The van der Waals surface area contributed by atoms with Gasteiger partial charge in [0.15, 0.2) is 5.15 Å². The Bertz CT molecular complexity index is 770. The van der Waals surface area contributed by atoms with E-state index in [4.69, 9.17) is 11.6 Å². The molecule has 3 rings (SSSR count). The highest BCUT2D eigenvalue weighted by Gasteiger charge is 2.13. The number of halogens is 1. The maximum atomic E-state index is 12.3. The van der Waals surface area contributed by atoms with E-state index >= 15 is 0 Å². The molecule has 3 aromatic rings. The van der Waals surface area contributed by atoms with E-state index < -0.39 is 0 Å². The van der Waals surface area contributed by atoms with Gasteiger partial charge in [0.2, 0.25) is 0 Å². The minimum atomic E-state index is -0.346. The van der Waals surface area contributed by atoms with E-state index in [0.717, 1.165) is 5.56 Å². The monoisotopic (exact) mass is 298 g/mol. The van der Waals surface area contributed by atoms with Gasteiger partial charge in [-0.1, -0.05) is 41.9 Å². The number of hydrogen-bond donors (Lipinski definition) is 1. The molecule has 0 aliphatic heterocycles. The van der Waals surface area contributed by atoms with E-state index in [-0.39, 0.29) is 11.2 Å². The van der Waals surface area contributed by atoms with Crippen molar-refractivity contribution in [3.05, 3.63) is 66.3 Å². The highest BCUT2D eigenvalue weighted by molar-refractivity contribution is 6.32. The maximum Gasteiger partial charge on any atom is 0.331 e. The number of aromatic nitrogens is 3. The summed E-state index contributed by atoms with van der Waals surface area (Å²) in [6.45, 7) is 0. The summed E-state index contributed by atoms with van der Waals surface area (Å²) in [6.07, 6.45) is 4.66. The Balaban J connectivity index is 1.90. The zero-order valence-corrected chi connectivity index (χ0v) is 11.7. The average Bonchev–Trinajstić information content (AvgIpc) is 3.00. The van der Waals surface area contributed by atoms with Crippen LogP contribution in [0.5, 0.6) is 0 Å². The Labute approximate surface area is 126 Å². The van der Waals surface area contributed by atoms with Crippen molar-refractivity contribution in [3.8, 4) is 11.3 Å². The highest BCUT2D eigenvalue weighted by atomic mass is 35.5. The summed E-state index contributed by atoms with van der Waals surface area (Å²) in [5.74, 6) is 0. The minimum absolute atomic E-state index is 0.243. The molecular weight excluding hydrogens is 288 g/mol. The van der Waals surface area contributed by atoms with Crippen molar-refractivity contribution in [1.29, 1.82) is 0 Å². The molecule has 1 aromatic carbocycles. The molecule has 0 radical (unpaired) electrons. The predicted octanol–water partition coefficient (Wildman–Crippen LogP) is 3.68. The molecular formula is C15H11ClN4O. The normalized spacial score (nSPS) is 10.3. The van der Waals surface area contributed by atoms with Gasteiger partial charge in [-0.3, -0.25) is 4.57 Å². The van der Waals surface area contributed by atoms with Gasteiger partial charge in [-0.2, -0.15) is 0 Å². The van der Waals surface area contributed by atoms with Gasteiger partial charge in [0.25, 0.3) is 0 Å². The Morgan fingerprint density at radius 3 is 2.71 bits per heavy atom. The lowest BCUT2D eigenvalue weighted by Gasteiger charge is -2.09. The van der Waals surface area contributed by atoms with Crippen LogP contribution in [0.2, 0.25) is 5.15 Å². The van der Waals surface area contributed by atoms with Gasteiger partial charge in [0.05, 0.1) is 17.6 Å². The Hall–Kier alpha value is -2.66. The summed E-state index contributed by atoms with van der Waals surface area (Å²) in [5.41, 5.74) is 2.06. The number of rotatable bonds is 2. The number of imidazole rings is 1. The third-order valence-electron chi connectivity index (χ3n) is 2.93. The van der Waals surface area contributed by atoms with Gasteiger partial charge in [-0.25, -0.2) is 14.8 Å². The van der Waals surface area contributed by atoms with Crippen LogP contribution in [0.25, 0.3) is 11.3 Å². The maximum absolute atomic E-state index is 12.3. The summed E-state index contributed by atoms with van der Waals surface area (Å²) in [4.78, 5) is 20.3. The average molecular weight is 299 g/mol. The number of nitrogens with one attached hydrogen (secondary N) is 1. The number of anilines is 1. The fraction of sp³-hybridized carbons (Fsp3) is 0. The van der Waals surface area contributed by atoms with Crippen molar-refractivity contribution < 1.29 is 4.79 Å². The topological polar surface area (TPSA) is 59.8 Å². The molecule has 1 amide bonds. The molecule has 6 heteroatoms. The predicted molar refractivity (Wildman–Crippen MR) is 81.3 cm³/mol. The molecule has 0 aliphatic carbocycles. The first-order valence-electron chi connectivity index (χ1n) is 6.25. The van der Waals surface area contributed by atoms with Crippen molar-refractivity contribution in [1.82, 2.24) is 14.5 Å². The highest BCUT2D eigenvalue weighted by Crippen LogP contribution is 2.21. The number of pyridine rings is 1. The van der Waals surface area contributed by atoms with Crippen molar-refractivity contribution in [2.45, 2.75) is 0 Å². The SMILES string of the molecule is O=C(Nc1cccnc1Cl)n1cncc1-c1ccccc1. The van der Waals surface area contributed by atoms with Gasteiger partial charge in [0, 0.05) is 11.8 Å². The minimum Gasteiger partial charge on any atom is -0.304 e. The fourth-order valence-corrected chi connectivity index (χ4v) is 2.10. The van der Waals surface area contributed by atoms with Gasteiger partial charge in [0.1, 0.15) is 6.33 Å². The molecule has 0 atom stereocenters. The first-order valence-corrected chi connectivity index (χ1v) is 6.63. The van der Waals surface area contributed by atoms with Crippen LogP contribution in [0.4, 0.5) is 10.5 Å².